The molecule has 3 aromatic rings. The number of hydrogen-bond donors (Lipinski definition) is 0. The molecule has 0 heterocycles. The molecule has 0 aromatic heterocycles. The van der Waals surface area contributed by atoms with Crippen molar-refractivity contribution in [2.75, 3.05) is 6.79 Å². The minimum absolute atomic E-state index is 0.0631. The van der Waals surface area contributed by atoms with Crippen LogP contribution in [0.2, 0.25) is 19.6 Å². The van der Waals surface area contributed by atoms with E-state index in [1.807, 2.05) is 0 Å². The standard InChI is InChI=1S/C28H28O2Si/c1-5-19-14-15-24-22-12-8-6-10-20(22)16-25(24)27(19)28-23-13-9-7-11-21(23)17-26(28)29-18-30-31(2,3)4/h5-17,28H,18H2,1-4H3. The fraction of sp³-hybridized carbons (Fsp3) is 0.214. The molecular weight excluding hydrogens is 396 g/mol. The topological polar surface area (TPSA) is 18.5 Å². The van der Waals surface area contributed by atoms with Crippen LogP contribution in [0.3, 0.4) is 0 Å². The van der Waals surface area contributed by atoms with Crippen molar-refractivity contribution in [1.29, 1.82) is 0 Å². The average Bonchev–Trinajstić information content (AvgIpc) is 3.30. The molecule has 31 heavy (non-hydrogen) atoms. The zero-order chi connectivity index (χ0) is 21.6. The number of ether oxygens (including phenoxy) is 1. The van der Waals surface area contributed by atoms with Crippen molar-refractivity contribution in [3.05, 3.63) is 110 Å². The van der Waals surface area contributed by atoms with E-state index >= 15 is 0 Å². The highest BCUT2D eigenvalue weighted by Gasteiger charge is 2.31. The van der Waals surface area contributed by atoms with Gasteiger partial charge >= 0.3 is 0 Å². The molecule has 0 spiro atoms. The summed E-state index contributed by atoms with van der Waals surface area (Å²) in [4.78, 5) is 0. The molecule has 2 aliphatic rings. The maximum atomic E-state index is 6.31. The third kappa shape index (κ3) is 3.58. The summed E-state index contributed by atoms with van der Waals surface area (Å²) < 4.78 is 12.3. The summed E-state index contributed by atoms with van der Waals surface area (Å²) in [5, 5.41) is 5.15. The highest BCUT2D eigenvalue weighted by molar-refractivity contribution is 6.69. The molecule has 0 saturated heterocycles. The Balaban J connectivity index is 1.70. The second-order valence-corrected chi connectivity index (χ2v) is 13.7. The summed E-state index contributed by atoms with van der Waals surface area (Å²) in [7, 11) is -1.65. The summed E-state index contributed by atoms with van der Waals surface area (Å²) in [6.07, 6.45) is 6.74. The normalized spacial score (nSPS) is 17.0. The SMILES string of the molecule is CC=c1ccc2c(c1C1C(OCO[Si](C)(C)C)=Cc3ccccc31)C=c1ccccc1=2. The van der Waals surface area contributed by atoms with Crippen molar-refractivity contribution in [3.8, 4) is 0 Å². The summed E-state index contributed by atoms with van der Waals surface area (Å²) >= 11 is 0. The Morgan fingerprint density at radius 3 is 2.45 bits per heavy atom. The predicted octanol–water partition coefficient (Wildman–Crippen LogP) is 5.23. The van der Waals surface area contributed by atoms with Crippen LogP contribution >= 0.6 is 0 Å². The zero-order valence-electron chi connectivity index (χ0n) is 18.6. The fourth-order valence-electron chi connectivity index (χ4n) is 4.63. The Hall–Kier alpha value is -2.88. The summed E-state index contributed by atoms with van der Waals surface area (Å²) in [5.74, 6) is 1.04. The molecule has 2 nitrogen and oxygen atoms in total. The van der Waals surface area contributed by atoms with Gasteiger partial charge in [0.05, 0.1) is 5.92 Å². The van der Waals surface area contributed by atoms with E-state index in [4.69, 9.17) is 9.16 Å². The van der Waals surface area contributed by atoms with Gasteiger partial charge < -0.3 is 9.16 Å². The fourth-order valence-corrected chi connectivity index (χ4v) is 5.05. The average molecular weight is 425 g/mol. The first-order valence-electron chi connectivity index (χ1n) is 10.9. The Bertz CT molecular complexity index is 1410. The highest BCUT2D eigenvalue weighted by atomic mass is 28.4. The van der Waals surface area contributed by atoms with Gasteiger partial charge in [-0.1, -0.05) is 66.7 Å². The van der Waals surface area contributed by atoms with Crippen LogP contribution < -0.4 is 10.4 Å². The number of hydrogen-bond acceptors (Lipinski definition) is 2. The lowest BCUT2D eigenvalue weighted by molar-refractivity contribution is 0.0523. The van der Waals surface area contributed by atoms with Crippen LogP contribution in [0.15, 0.2) is 66.4 Å². The molecule has 0 radical (unpaired) electrons. The van der Waals surface area contributed by atoms with E-state index in [0.717, 1.165) is 5.76 Å². The molecule has 0 saturated carbocycles. The molecule has 0 N–H and O–H groups in total. The second kappa shape index (κ2) is 7.67. The zero-order valence-corrected chi connectivity index (χ0v) is 19.6. The maximum absolute atomic E-state index is 6.31. The number of benzene rings is 3. The molecule has 1 unspecified atom stereocenters. The molecular formula is C28H28O2Si. The molecule has 2 aliphatic carbocycles. The van der Waals surface area contributed by atoms with Gasteiger partial charge in [0.2, 0.25) is 0 Å². The molecule has 3 aromatic carbocycles. The van der Waals surface area contributed by atoms with Crippen molar-refractivity contribution in [2.45, 2.75) is 32.5 Å². The van der Waals surface area contributed by atoms with Crippen molar-refractivity contribution < 1.29 is 9.16 Å². The highest BCUT2D eigenvalue weighted by Crippen LogP contribution is 2.42. The third-order valence-corrected chi connectivity index (χ3v) is 7.06. The molecule has 0 aliphatic heterocycles. The molecule has 0 amide bonds. The van der Waals surface area contributed by atoms with Crippen molar-refractivity contribution in [2.24, 2.45) is 0 Å². The van der Waals surface area contributed by atoms with Gasteiger partial charge in [0.25, 0.3) is 0 Å². The van der Waals surface area contributed by atoms with Gasteiger partial charge in [0.15, 0.2) is 15.1 Å². The monoisotopic (exact) mass is 424 g/mol. The van der Waals surface area contributed by atoms with Crippen LogP contribution in [0.5, 0.6) is 0 Å². The minimum atomic E-state index is -1.65. The summed E-state index contributed by atoms with van der Waals surface area (Å²) in [6.45, 7) is 8.98. The first-order valence-corrected chi connectivity index (χ1v) is 14.3. The lowest BCUT2D eigenvalue weighted by Crippen LogP contribution is -2.27. The van der Waals surface area contributed by atoms with E-state index in [1.165, 1.54) is 43.1 Å². The Morgan fingerprint density at radius 1 is 0.871 bits per heavy atom. The van der Waals surface area contributed by atoms with E-state index in [-0.39, 0.29) is 5.92 Å². The van der Waals surface area contributed by atoms with Gasteiger partial charge in [-0.05, 0) is 81.8 Å². The smallest absolute Gasteiger partial charge is 0.188 e. The minimum Gasteiger partial charge on any atom is -0.472 e. The third-order valence-electron chi connectivity index (χ3n) is 6.08. The van der Waals surface area contributed by atoms with Gasteiger partial charge in [-0.15, -0.1) is 0 Å². The molecule has 5 rings (SSSR count). The summed E-state index contributed by atoms with van der Waals surface area (Å²) in [5.41, 5.74) is 5.15. The number of fused-ring (bicyclic) bond motifs is 3. The number of rotatable bonds is 5. The first kappa shape index (κ1) is 20.0. The second-order valence-electron chi connectivity index (χ2n) is 9.18. The van der Waals surface area contributed by atoms with Crippen LogP contribution in [0.1, 0.15) is 35.1 Å². The van der Waals surface area contributed by atoms with E-state index in [1.54, 1.807) is 0 Å². The van der Waals surface area contributed by atoms with Gasteiger partial charge in [0.1, 0.15) is 5.76 Å². The van der Waals surface area contributed by atoms with Crippen LogP contribution in [-0.4, -0.2) is 15.1 Å². The Labute approximate surface area is 184 Å². The van der Waals surface area contributed by atoms with Crippen LogP contribution in [0, 0.1) is 10.4 Å². The lowest BCUT2D eigenvalue weighted by Gasteiger charge is -2.23. The maximum Gasteiger partial charge on any atom is 0.188 e. The van der Waals surface area contributed by atoms with E-state index < -0.39 is 8.32 Å². The quantitative estimate of drug-likeness (QED) is 0.323. The molecule has 0 fully saturated rings. The predicted molar refractivity (Wildman–Crippen MR) is 130 cm³/mol. The van der Waals surface area contributed by atoms with Gasteiger partial charge in [0, 0.05) is 0 Å². The first-order chi connectivity index (χ1) is 15.0. The number of allylic oxidation sites excluding steroid dienone is 1. The van der Waals surface area contributed by atoms with Crippen molar-refractivity contribution in [3.63, 3.8) is 0 Å². The van der Waals surface area contributed by atoms with Crippen molar-refractivity contribution >= 4 is 26.5 Å². The van der Waals surface area contributed by atoms with E-state index in [2.05, 4.69) is 105 Å². The van der Waals surface area contributed by atoms with Gasteiger partial charge in [-0.2, -0.15) is 0 Å². The largest absolute Gasteiger partial charge is 0.472 e. The molecule has 1 atom stereocenters. The van der Waals surface area contributed by atoms with E-state index in [9.17, 15) is 0 Å². The van der Waals surface area contributed by atoms with Crippen LogP contribution in [0.25, 0.3) is 18.2 Å². The van der Waals surface area contributed by atoms with Crippen LogP contribution in [-0.2, 0) is 9.16 Å². The molecule has 0 bridgehead atoms. The summed E-state index contributed by atoms with van der Waals surface area (Å²) in [6, 6.07) is 21.8. The van der Waals surface area contributed by atoms with Gasteiger partial charge in [-0.3, -0.25) is 0 Å². The van der Waals surface area contributed by atoms with E-state index in [0.29, 0.717) is 6.79 Å². The Morgan fingerprint density at radius 2 is 1.65 bits per heavy atom. The van der Waals surface area contributed by atoms with Gasteiger partial charge in [-0.25, -0.2) is 0 Å². The van der Waals surface area contributed by atoms with Crippen LogP contribution in [0.4, 0.5) is 0 Å². The molecule has 156 valence electrons. The molecule has 3 heteroatoms. The Kier molecular flexibility index (Phi) is 4.96. The lowest BCUT2D eigenvalue weighted by atomic mass is 9.86. The van der Waals surface area contributed by atoms with Crippen molar-refractivity contribution in [1.82, 2.24) is 0 Å².